The highest BCUT2D eigenvalue weighted by Crippen LogP contribution is 2.35. The van der Waals surface area contributed by atoms with Crippen molar-refractivity contribution < 1.29 is 4.42 Å². The predicted molar refractivity (Wildman–Crippen MR) is 89.0 cm³/mol. The zero-order valence-corrected chi connectivity index (χ0v) is 14.0. The maximum Gasteiger partial charge on any atom is 0.226 e. The number of hydrogen-bond acceptors (Lipinski definition) is 8. The highest BCUT2D eigenvalue weighted by Gasteiger charge is 2.25. The SMILES string of the molecule is c1cnc(-c2nc(CSCc3nnc(C4CCC4)o3)cs2)nc1. The molecule has 0 saturated heterocycles. The van der Waals surface area contributed by atoms with Gasteiger partial charge in [-0.2, -0.15) is 0 Å². The summed E-state index contributed by atoms with van der Waals surface area (Å²) in [6, 6.07) is 1.80. The fourth-order valence-electron chi connectivity index (χ4n) is 2.27. The van der Waals surface area contributed by atoms with Gasteiger partial charge in [0.1, 0.15) is 0 Å². The summed E-state index contributed by atoms with van der Waals surface area (Å²) in [5, 5.41) is 11.2. The first kappa shape index (κ1) is 14.8. The molecule has 0 amide bonds. The van der Waals surface area contributed by atoms with E-state index in [-0.39, 0.29) is 0 Å². The van der Waals surface area contributed by atoms with E-state index < -0.39 is 0 Å². The van der Waals surface area contributed by atoms with Crippen molar-refractivity contribution in [3.05, 3.63) is 41.3 Å². The summed E-state index contributed by atoms with van der Waals surface area (Å²) in [5.41, 5.74) is 1.03. The molecule has 0 spiro atoms. The minimum atomic E-state index is 0.494. The summed E-state index contributed by atoms with van der Waals surface area (Å²) in [4.78, 5) is 13.0. The molecule has 118 valence electrons. The molecule has 23 heavy (non-hydrogen) atoms. The van der Waals surface area contributed by atoms with Crippen LogP contribution in [0.25, 0.3) is 10.8 Å². The largest absolute Gasteiger partial charge is 0.424 e. The van der Waals surface area contributed by atoms with Gasteiger partial charge < -0.3 is 4.42 Å². The third-order valence-corrected chi connectivity index (χ3v) is 5.56. The van der Waals surface area contributed by atoms with Crippen molar-refractivity contribution in [3.63, 3.8) is 0 Å². The Morgan fingerprint density at radius 2 is 2.04 bits per heavy atom. The van der Waals surface area contributed by atoms with Gasteiger partial charge in [0.05, 0.1) is 11.4 Å². The summed E-state index contributed by atoms with van der Waals surface area (Å²) >= 11 is 3.29. The molecule has 3 heterocycles. The molecule has 8 heteroatoms. The number of hydrogen-bond donors (Lipinski definition) is 0. The standard InChI is InChI=1S/C15H15N5OS2/c1-3-10(4-1)14-20-19-12(21-14)9-22-7-11-8-23-15(18-11)13-16-5-2-6-17-13/h2,5-6,8,10H,1,3-4,7,9H2. The van der Waals surface area contributed by atoms with E-state index >= 15 is 0 Å². The van der Waals surface area contributed by atoms with Gasteiger partial charge in [0.2, 0.25) is 11.8 Å². The highest BCUT2D eigenvalue weighted by atomic mass is 32.2. The predicted octanol–water partition coefficient (Wildman–Crippen LogP) is 3.68. The average Bonchev–Trinajstić information content (AvgIpc) is 3.17. The molecule has 6 nitrogen and oxygen atoms in total. The van der Waals surface area contributed by atoms with E-state index in [4.69, 9.17) is 4.42 Å². The second kappa shape index (κ2) is 6.76. The normalized spacial score (nSPS) is 14.8. The first-order chi connectivity index (χ1) is 11.4. The summed E-state index contributed by atoms with van der Waals surface area (Å²) in [5.74, 6) is 4.21. The number of thiazole rings is 1. The summed E-state index contributed by atoms with van der Waals surface area (Å²) in [6.07, 6.45) is 7.09. The number of nitrogens with zero attached hydrogens (tertiary/aromatic N) is 5. The van der Waals surface area contributed by atoms with E-state index in [1.54, 1.807) is 41.6 Å². The van der Waals surface area contributed by atoms with E-state index in [1.165, 1.54) is 19.3 Å². The van der Waals surface area contributed by atoms with Gasteiger partial charge in [-0.05, 0) is 18.9 Å². The molecule has 4 rings (SSSR count). The van der Waals surface area contributed by atoms with Gasteiger partial charge in [-0.1, -0.05) is 6.42 Å². The minimum Gasteiger partial charge on any atom is -0.424 e. The van der Waals surface area contributed by atoms with Crippen LogP contribution in [0.1, 0.15) is 42.7 Å². The van der Waals surface area contributed by atoms with Crippen molar-refractivity contribution in [2.75, 3.05) is 0 Å². The summed E-state index contributed by atoms with van der Waals surface area (Å²) in [6.45, 7) is 0. The van der Waals surface area contributed by atoms with Gasteiger partial charge in [0.25, 0.3) is 0 Å². The van der Waals surface area contributed by atoms with Crippen LogP contribution < -0.4 is 0 Å². The summed E-state index contributed by atoms with van der Waals surface area (Å²) in [7, 11) is 0. The lowest BCUT2D eigenvalue weighted by molar-refractivity contribution is 0.328. The Bertz CT molecular complexity index is 769. The maximum atomic E-state index is 5.72. The monoisotopic (exact) mass is 345 g/mol. The van der Waals surface area contributed by atoms with Crippen molar-refractivity contribution in [2.45, 2.75) is 36.7 Å². The third kappa shape index (κ3) is 3.42. The Labute approximate surface area is 141 Å². The Morgan fingerprint density at radius 3 is 2.83 bits per heavy atom. The average molecular weight is 345 g/mol. The van der Waals surface area contributed by atoms with Crippen LogP contribution >= 0.6 is 23.1 Å². The van der Waals surface area contributed by atoms with Crippen molar-refractivity contribution in [1.29, 1.82) is 0 Å². The van der Waals surface area contributed by atoms with Crippen LogP contribution in [0.15, 0.2) is 28.3 Å². The molecule has 1 aliphatic rings. The Morgan fingerprint density at radius 1 is 1.17 bits per heavy atom. The zero-order valence-electron chi connectivity index (χ0n) is 12.4. The van der Waals surface area contributed by atoms with Crippen molar-refractivity contribution in [3.8, 4) is 10.8 Å². The number of thioether (sulfide) groups is 1. The van der Waals surface area contributed by atoms with Crippen molar-refractivity contribution in [1.82, 2.24) is 25.1 Å². The zero-order chi connectivity index (χ0) is 15.5. The van der Waals surface area contributed by atoms with Crippen molar-refractivity contribution in [2.24, 2.45) is 0 Å². The molecule has 0 aromatic carbocycles. The van der Waals surface area contributed by atoms with Gasteiger partial charge in [0.15, 0.2) is 10.8 Å². The number of aromatic nitrogens is 5. The molecule has 0 N–H and O–H groups in total. The van der Waals surface area contributed by atoms with Gasteiger partial charge in [-0.3, -0.25) is 0 Å². The summed E-state index contributed by atoms with van der Waals surface area (Å²) < 4.78 is 5.72. The molecule has 0 atom stereocenters. The van der Waals surface area contributed by atoms with Gasteiger partial charge >= 0.3 is 0 Å². The maximum absolute atomic E-state index is 5.72. The van der Waals surface area contributed by atoms with Crippen LogP contribution in [0, 0.1) is 0 Å². The van der Waals surface area contributed by atoms with Crippen LogP contribution in [0.2, 0.25) is 0 Å². The van der Waals surface area contributed by atoms with E-state index in [0.29, 0.717) is 23.4 Å². The van der Waals surface area contributed by atoms with Crippen LogP contribution in [0.5, 0.6) is 0 Å². The lowest BCUT2D eigenvalue weighted by Crippen LogP contribution is -2.08. The molecular formula is C15H15N5OS2. The topological polar surface area (TPSA) is 77.6 Å². The fourth-order valence-corrected chi connectivity index (χ4v) is 3.89. The van der Waals surface area contributed by atoms with E-state index in [1.807, 2.05) is 5.38 Å². The Hall–Kier alpha value is -1.80. The van der Waals surface area contributed by atoms with Gasteiger partial charge in [-0.25, -0.2) is 15.0 Å². The second-order valence-electron chi connectivity index (χ2n) is 5.37. The molecule has 0 radical (unpaired) electrons. The van der Waals surface area contributed by atoms with E-state index in [0.717, 1.165) is 22.3 Å². The molecule has 1 fully saturated rings. The van der Waals surface area contributed by atoms with Gasteiger partial charge in [-0.15, -0.1) is 33.3 Å². The molecule has 1 aliphatic carbocycles. The quantitative estimate of drug-likeness (QED) is 0.674. The van der Waals surface area contributed by atoms with Crippen LogP contribution in [-0.2, 0) is 11.5 Å². The van der Waals surface area contributed by atoms with Gasteiger partial charge in [0, 0.05) is 29.4 Å². The molecule has 0 bridgehead atoms. The van der Waals surface area contributed by atoms with Crippen molar-refractivity contribution >= 4 is 23.1 Å². The molecule has 3 aromatic heterocycles. The first-order valence-electron chi connectivity index (χ1n) is 7.50. The fraction of sp³-hybridized carbons (Fsp3) is 0.400. The molecule has 1 saturated carbocycles. The third-order valence-electron chi connectivity index (χ3n) is 3.72. The van der Waals surface area contributed by atoms with Crippen LogP contribution in [0.4, 0.5) is 0 Å². The Kier molecular flexibility index (Phi) is 4.34. The Balaban J connectivity index is 1.31. The van der Waals surface area contributed by atoms with E-state index in [9.17, 15) is 0 Å². The lowest BCUT2D eigenvalue weighted by Gasteiger charge is -2.20. The van der Waals surface area contributed by atoms with E-state index in [2.05, 4.69) is 25.1 Å². The molecule has 0 unspecified atom stereocenters. The molecule has 0 aliphatic heterocycles. The minimum absolute atomic E-state index is 0.494. The van der Waals surface area contributed by atoms with Crippen LogP contribution in [-0.4, -0.2) is 25.1 Å². The smallest absolute Gasteiger partial charge is 0.226 e. The second-order valence-corrected chi connectivity index (χ2v) is 7.21. The molecular weight excluding hydrogens is 330 g/mol. The van der Waals surface area contributed by atoms with Crippen LogP contribution in [0.3, 0.4) is 0 Å². The molecule has 3 aromatic rings. The first-order valence-corrected chi connectivity index (χ1v) is 9.54. The highest BCUT2D eigenvalue weighted by molar-refractivity contribution is 7.97. The number of rotatable bonds is 6. The lowest BCUT2D eigenvalue weighted by atomic mass is 9.85.